The van der Waals surface area contributed by atoms with Crippen LogP contribution in [0.5, 0.6) is 5.75 Å². The summed E-state index contributed by atoms with van der Waals surface area (Å²) in [4.78, 5) is 15.8. The molecule has 1 aromatic carbocycles. The Morgan fingerprint density at radius 2 is 2.09 bits per heavy atom. The van der Waals surface area contributed by atoms with Crippen molar-refractivity contribution in [3.05, 3.63) is 29.5 Å². The van der Waals surface area contributed by atoms with E-state index in [0.29, 0.717) is 34.9 Å². The van der Waals surface area contributed by atoms with E-state index in [0.717, 1.165) is 0 Å². The fraction of sp³-hybridized carbons (Fsp3) is 0.412. The molecule has 1 heterocycles. The highest BCUT2D eigenvalue weighted by Crippen LogP contribution is 2.34. The lowest BCUT2D eigenvalue weighted by atomic mass is 10.1. The van der Waals surface area contributed by atoms with E-state index in [1.807, 2.05) is 18.2 Å². The van der Waals surface area contributed by atoms with Crippen molar-refractivity contribution in [1.29, 1.82) is 0 Å². The first-order valence-corrected chi connectivity index (χ1v) is 7.63. The molecule has 5 nitrogen and oxygen atoms in total. The summed E-state index contributed by atoms with van der Waals surface area (Å²) in [5.41, 5.74) is 7.49. The second-order valence-corrected chi connectivity index (χ2v) is 5.90. The second kappa shape index (κ2) is 7.04. The number of aromatic nitrogens is 1. The smallest absolute Gasteiger partial charge is 0.339 e. The first-order chi connectivity index (χ1) is 10.6. The molecule has 3 N–H and O–H groups in total. The predicted molar refractivity (Wildman–Crippen MR) is 92.6 cm³/mol. The normalized spacial score (nSPS) is 14.7. The largest absolute Gasteiger partial charge is 0.493 e. The molecule has 0 radical (unpaired) electrons. The Kier molecular flexibility index (Phi) is 5.31. The molecule has 1 aromatic heterocycles. The van der Waals surface area contributed by atoms with Crippen molar-refractivity contribution >= 4 is 35.0 Å². The summed E-state index contributed by atoms with van der Waals surface area (Å²) in [6, 6.07) is 5.52. The monoisotopic (exact) mass is 336 g/mol. The molecule has 0 amide bonds. The number of aromatic carboxylic acids is 1. The van der Waals surface area contributed by atoms with Gasteiger partial charge in [0, 0.05) is 0 Å². The molecule has 0 aliphatic heterocycles. The molecular formula is C17H21ClN2O3. The molecule has 0 atom stereocenters. The van der Waals surface area contributed by atoms with Crippen LogP contribution >= 0.6 is 12.4 Å². The van der Waals surface area contributed by atoms with Gasteiger partial charge >= 0.3 is 5.97 Å². The van der Waals surface area contributed by atoms with Gasteiger partial charge < -0.3 is 15.6 Å². The number of carboxylic acids is 1. The number of rotatable bonds is 4. The number of halogens is 1. The van der Waals surface area contributed by atoms with Gasteiger partial charge in [0.2, 0.25) is 0 Å². The standard InChI is InChI=1S/C17H20N2O3.ClH/c1-10-14(17(20)21)16(18)15-12(19-10)7-4-8-13(15)22-9-11-5-2-3-6-11;/h4,7-8,11H,2-3,5-6,9H2,1H3,(H2,18,19)(H,20,21);1H. The van der Waals surface area contributed by atoms with E-state index in [-0.39, 0.29) is 23.7 Å². The molecule has 0 bridgehead atoms. The van der Waals surface area contributed by atoms with Crippen LogP contribution in [0.25, 0.3) is 10.9 Å². The Morgan fingerprint density at radius 1 is 1.39 bits per heavy atom. The van der Waals surface area contributed by atoms with Crippen LogP contribution < -0.4 is 10.5 Å². The Morgan fingerprint density at radius 3 is 2.74 bits per heavy atom. The van der Waals surface area contributed by atoms with Crippen molar-refractivity contribution in [2.45, 2.75) is 32.6 Å². The number of carboxylic acid groups (broad SMARTS) is 1. The fourth-order valence-electron chi connectivity index (χ4n) is 3.21. The molecule has 2 aromatic rings. The summed E-state index contributed by atoms with van der Waals surface area (Å²) in [6.45, 7) is 2.31. The van der Waals surface area contributed by atoms with E-state index in [2.05, 4.69) is 4.98 Å². The number of ether oxygens (including phenoxy) is 1. The van der Waals surface area contributed by atoms with Gasteiger partial charge in [0.25, 0.3) is 0 Å². The Hall–Kier alpha value is -2.01. The summed E-state index contributed by atoms with van der Waals surface area (Å²) in [5, 5.41) is 9.94. The van der Waals surface area contributed by atoms with Crippen LogP contribution in [0.1, 0.15) is 41.7 Å². The number of anilines is 1. The number of nitrogen functional groups attached to an aromatic ring is 1. The number of benzene rings is 1. The number of nitrogens with zero attached hydrogens (tertiary/aromatic N) is 1. The van der Waals surface area contributed by atoms with Crippen LogP contribution in [0, 0.1) is 12.8 Å². The van der Waals surface area contributed by atoms with Gasteiger partial charge in [-0.3, -0.25) is 4.98 Å². The zero-order valence-corrected chi connectivity index (χ0v) is 13.9. The molecular weight excluding hydrogens is 316 g/mol. The molecule has 1 fully saturated rings. The average Bonchev–Trinajstić information content (AvgIpc) is 2.97. The molecule has 3 rings (SSSR count). The van der Waals surface area contributed by atoms with E-state index < -0.39 is 5.97 Å². The van der Waals surface area contributed by atoms with Gasteiger partial charge in [-0.05, 0) is 37.8 Å². The first kappa shape index (κ1) is 17.3. The minimum atomic E-state index is -1.06. The van der Waals surface area contributed by atoms with Gasteiger partial charge in [0.05, 0.1) is 28.9 Å². The summed E-state index contributed by atoms with van der Waals surface area (Å²) in [5.74, 6) is 0.140. The van der Waals surface area contributed by atoms with Crippen molar-refractivity contribution < 1.29 is 14.6 Å². The third kappa shape index (κ3) is 3.34. The van der Waals surface area contributed by atoms with Crippen molar-refractivity contribution in [1.82, 2.24) is 4.98 Å². The second-order valence-electron chi connectivity index (χ2n) is 5.90. The lowest BCUT2D eigenvalue weighted by Gasteiger charge is -2.15. The highest BCUT2D eigenvalue weighted by molar-refractivity contribution is 6.06. The maximum absolute atomic E-state index is 11.4. The minimum absolute atomic E-state index is 0. The number of nitrogens with two attached hydrogens (primary N) is 1. The fourth-order valence-corrected chi connectivity index (χ4v) is 3.21. The van der Waals surface area contributed by atoms with Crippen LogP contribution in [0.2, 0.25) is 0 Å². The molecule has 0 unspecified atom stereocenters. The van der Waals surface area contributed by atoms with E-state index in [1.54, 1.807) is 6.92 Å². The maximum Gasteiger partial charge on any atom is 0.339 e. The van der Waals surface area contributed by atoms with E-state index in [4.69, 9.17) is 10.5 Å². The predicted octanol–water partition coefficient (Wildman–Crippen LogP) is 3.81. The zero-order valence-electron chi connectivity index (χ0n) is 13.0. The van der Waals surface area contributed by atoms with Gasteiger partial charge in [-0.1, -0.05) is 18.9 Å². The Labute approximate surface area is 141 Å². The van der Waals surface area contributed by atoms with Crippen molar-refractivity contribution in [2.75, 3.05) is 12.3 Å². The number of carbonyl (C=O) groups is 1. The van der Waals surface area contributed by atoms with Gasteiger partial charge in [-0.2, -0.15) is 0 Å². The molecule has 1 aliphatic carbocycles. The molecule has 0 spiro atoms. The average molecular weight is 337 g/mol. The highest BCUT2D eigenvalue weighted by atomic mass is 35.5. The van der Waals surface area contributed by atoms with E-state index in [9.17, 15) is 9.90 Å². The SMILES string of the molecule is Cc1nc2cccc(OCC3CCCC3)c2c(N)c1C(=O)O.Cl. The van der Waals surface area contributed by atoms with Gasteiger partial charge in [-0.25, -0.2) is 4.79 Å². The van der Waals surface area contributed by atoms with Gasteiger partial charge in [-0.15, -0.1) is 12.4 Å². The van der Waals surface area contributed by atoms with Crippen LogP contribution in [0.15, 0.2) is 18.2 Å². The van der Waals surface area contributed by atoms with Crippen molar-refractivity contribution in [3.63, 3.8) is 0 Å². The van der Waals surface area contributed by atoms with Crippen molar-refractivity contribution in [3.8, 4) is 5.75 Å². The quantitative estimate of drug-likeness (QED) is 0.886. The molecule has 0 saturated heterocycles. The number of pyridine rings is 1. The molecule has 124 valence electrons. The summed E-state index contributed by atoms with van der Waals surface area (Å²) < 4.78 is 5.95. The third-order valence-corrected chi connectivity index (χ3v) is 4.36. The van der Waals surface area contributed by atoms with E-state index in [1.165, 1.54) is 25.7 Å². The number of hydrogen-bond acceptors (Lipinski definition) is 4. The van der Waals surface area contributed by atoms with Crippen LogP contribution in [-0.2, 0) is 0 Å². The lowest BCUT2D eigenvalue weighted by Crippen LogP contribution is -2.11. The minimum Gasteiger partial charge on any atom is -0.493 e. The summed E-state index contributed by atoms with van der Waals surface area (Å²) in [6.07, 6.45) is 4.90. The molecule has 1 aliphatic rings. The first-order valence-electron chi connectivity index (χ1n) is 7.63. The van der Waals surface area contributed by atoms with Gasteiger partial charge in [0.1, 0.15) is 11.3 Å². The topological polar surface area (TPSA) is 85.4 Å². The molecule has 1 saturated carbocycles. The molecule has 6 heteroatoms. The Bertz CT molecular complexity index is 727. The summed E-state index contributed by atoms with van der Waals surface area (Å²) in [7, 11) is 0. The van der Waals surface area contributed by atoms with Crippen LogP contribution in [-0.4, -0.2) is 22.7 Å². The molecule has 23 heavy (non-hydrogen) atoms. The summed E-state index contributed by atoms with van der Waals surface area (Å²) >= 11 is 0. The third-order valence-electron chi connectivity index (χ3n) is 4.36. The number of hydrogen-bond donors (Lipinski definition) is 2. The number of fused-ring (bicyclic) bond motifs is 1. The van der Waals surface area contributed by atoms with Crippen LogP contribution in [0.3, 0.4) is 0 Å². The van der Waals surface area contributed by atoms with E-state index >= 15 is 0 Å². The van der Waals surface area contributed by atoms with Gasteiger partial charge in [0.15, 0.2) is 0 Å². The lowest BCUT2D eigenvalue weighted by molar-refractivity contribution is 0.0697. The Balaban J connectivity index is 0.00000192. The zero-order chi connectivity index (χ0) is 15.7. The maximum atomic E-state index is 11.4. The van der Waals surface area contributed by atoms with Crippen LogP contribution in [0.4, 0.5) is 5.69 Å². The highest BCUT2D eigenvalue weighted by Gasteiger charge is 2.20. The van der Waals surface area contributed by atoms with Crippen molar-refractivity contribution in [2.24, 2.45) is 5.92 Å². The number of aryl methyl sites for hydroxylation is 1.